The van der Waals surface area contributed by atoms with Crippen molar-refractivity contribution in [2.24, 2.45) is 4.99 Å². The van der Waals surface area contributed by atoms with Crippen LogP contribution in [0.25, 0.3) is 6.08 Å². The normalized spacial score (nSPS) is 17.0. The number of carbonyl (C=O) groups excluding carboxylic acids is 2. The number of methoxy groups -OCH3 is 1. The van der Waals surface area contributed by atoms with Gasteiger partial charge in [0, 0.05) is 23.7 Å². The molecule has 1 aromatic heterocycles. The topological polar surface area (TPSA) is 109 Å². The van der Waals surface area contributed by atoms with Gasteiger partial charge in [0.05, 0.1) is 42.7 Å². The summed E-state index contributed by atoms with van der Waals surface area (Å²) in [6.07, 6.45) is 1.75. The quantitative estimate of drug-likeness (QED) is 0.360. The number of ether oxygens (including phenoxy) is 4. The summed E-state index contributed by atoms with van der Waals surface area (Å²) in [5.41, 5.74) is 1.66. The molecule has 0 radical (unpaired) electrons. The fourth-order valence-corrected chi connectivity index (χ4v) is 6.09. The van der Waals surface area contributed by atoms with E-state index in [0.29, 0.717) is 63.4 Å². The maximum atomic E-state index is 13.9. The molecule has 0 unspecified atom stereocenters. The smallest absolute Gasteiger partial charge is 0.338 e. The third-order valence-electron chi connectivity index (χ3n) is 6.91. The monoisotopic (exact) mass is 611 g/mol. The zero-order valence-electron chi connectivity index (χ0n) is 23.4. The summed E-state index contributed by atoms with van der Waals surface area (Å²) in [5, 5.41) is 0.430. The molecule has 12 heteroatoms. The number of esters is 1. The van der Waals surface area contributed by atoms with Crippen LogP contribution in [0.3, 0.4) is 0 Å². The first-order valence-corrected chi connectivity index (χ1v) is 14.6. The molecular formula is C30H30ClN3O7S. The SMILES string of the molecule is CCOC(=O)C1=C(C)N=c2s/c(=C\c3ccc(OCC(=O)N4CCOCC4)cc3)c(=O)n2[C@H]1c1cc(Cl)ccc1OC. The van der Waals surface area contributed by atoms with Crippen molar-refractivity contribution in [3.63, 3.8) is 0 Å². The Balaban J connectivity index is 1.48. The van der Waals surface area contributed by atoms with Crippen LogP contribution in [0.5, 0.6) is 11.5 Å². The maximum absolute atomic E-state index is 13.9. The number of fused-ring (bicyclic) bond motifs is 1. The Hall–Kier alpha value is -3.93. The predicted octanol–water partition coefficient (Wildman–Crippen LogP) is 2.70. The largest absolute Gasteiger partial charge is 0.496 e. The average molecular weight is 612 g/mol. The van der Waals surface area contributed by atoms with E-state index < -0.39 is 12.0 Å². The van der Waals surface area contributed by atoms with Gasteiger partial charge >= 0.3 is 5.97 Å². The van der Waals surface area contributed by atoms with E-state index in [9.17, 15) is 14.4 Å². The molecule has 3 heterocycles. The highest BCUT2D eigenvalue weighted by Gasteiger charge is 2.35. The van der Waals surface area contributed by atoms with E-state index in [2.05, 4.69) is 4.99 Å². The highest BCUT2D eigenvalue weighted by molar-refractivity contribution is 7.07. The summed E-state index contributed by atoms with van der Waals surface area (Å²) in [5.74, 6) is 0.353. The van der Waals surface area contributed by atoms with E-state index in [0.717, 1.165) is 5.56 Å². The van der Waals surface area contributed by atoms with Gasteiger partial charge in [0.2, 0.25) is 0 Å². The Morgan fingerprint density at radius 3 is 2.60 bits per heavy atom. The molecule has 2 aliphatic rings. The van der Waals surface area contributed by atoms with Gasteiger partial charge in [0.25, 0.3) is 11.5 Å². The Morgan fingerprint density at radius 2 is 1.90 bits per heavy atom. The fourth-order valence-electron chi connectivity index (χ4n) is 4.87. The van der Waals surface area contributed by atoms with Crippen molar-refractivity contribution < 1.29 is 28.5 Å². The van der Waals surface area contributed by atoms with Gasteiger partial charge in [-0.1, -0.05) is 35.1 Å². The Bertz CT molecular complexity index is 1710. The van der Waals surface area contributed by atoms with Gasteiger partial charge in [-0.2, -0.15) is 0 Å². The summed E-state index contributed by atoms with van der Waals surface area (Å²) in [7, 11) is 1.52. The van der Waals surface area contributed by atoms with Crippen LogP contribution < -0.4 is 24.4 Å². The molecule has 0 spiro atoms. The fraction of sp³-hybridized carbons (Fsp3) is 0.333. The van der Waals surface area contributed by atoms with E-state index in [-0.39, 0.29) is 30.3 Å². The molecule has 0 bridgehead atoms. The molecule has 0 N–H and O–H groups in total. The van der Waals surface area contributed by atoms with Crippen molar-refractivity contribution in [3.8, 4) is 11.5 Å². The van der Waals surface area contributed by atoms with Crippen molar-refractivity contribution >= 4 is 40.9 Å². The van der Waals surface area contributed by atoms with Crippen LogP contribution in [0, 0.1) is 0 Å². The molecule has 1 saturated heterocycles. The van der Waals surface area contributed by atoms with Crippen molar-refractivity contribution in [1.82, 2.24) is 9.47 Å². The number of nitrogens with zero attached hydrogens (tertiary/aromatic N) is 3. The standard InChI is InChI=1S/C30H30ClN3O7S/c1-4-40-29(37)26-18(2)32-30-34(27(26)22-16-20(31)7-10-23(22)38-3)28(36)24(42-30)15-19-5-8-21(9-6-19)41-17-25(35)33-11-13-39-14-12-33/h5-10,15-16,27H,4,11-14,17H2,1-3H3/b24-15-/t27-/m0/s1. The van der Waals surface area contributed by atoms with E-state index in [4.69, 9.17) is 30.5 Å². The lowest BCUT2D eigenvalue weighted by atomic mass is 9.95. The second-order valence-electron chi connectivity index (χ2n) is 9.54. The number of amides is 1. The first kappa shape index (κ1) is 29.6. The molecule has 42 heavy (non-hydrogen) atoms. The van der Waals surface area contributed by atoms with E-state index in [1.807, 2.05) is 0 Å². The summed E-state index contributed by atoms with van der Waals surface area (Å²) < 4.78 is 23.8. The number of halogens is 1. The number of allylic oxidation sites excluding steroid dienone is 1. The summed E-state index contributed by atoms with van der Waals surface area (Å²) >= 11 is 7.57. The molecule has 2 aliphatic heterocycles. The molecule has 1 atom stereocenters. The van der Waals surface area contributed by atoms with Crippen LogP contribution in [0.1, 0.15) is 31.0 Å². The summed E-state index contributed by atoms with van der Waals surface area (Å²) in [4.78, 5) is 46.1. The second-order valence-corrected chi connectivity index (χ2v) is 11.0. The third kappa shape index (κ3) is 6.13. The van der Waals surface area contributed by atoms with Gasteiger partial charge < -0.3 is 23.8 Å². The molecule has 1 fully saturated rings. The molecule has 3 aromatic rings. The van der Waals surface area contributed by atoms with E-state index in [1.54, 1.807) is 67.3 Å². The number of thiazole rings is 1. The molecule has 1 amide bonds. The Kier molecular flexibility index (Phi) is 9.10. The Labute approximate surface area is 251 Å². The lowest BCUT2D eigenvalue weighted by Crippen LogP contribution is -2.42. The van der Waals surface area contributed by atoms with Crippen LogP contribution in [0.2, 0.25) is 5.02 Å². The number of aromatic nitrogens is 1. The average Bonchev–Trinajstić information content (AvgIpc) is 3.30. The van der Waals surface area contributed by atoms with E-state index in [1.165, 1.54) is 23.0 Å². The number of benzene rings is 2. The van der Waals surface area contributed by atoms with Crippen LogP contribution >= 0.6 is 22.9 Å². The maximum Gasteiger partial charge on any atom is 0.338 e. The molecule has 0 aliphatic carbocycles. The van der Waals surface area contributed by atoms with Gasteiger partial charge in [0.1, 0.15) is 17.5 Å². The van der Waals surface area contributed by atoms with Crippen molar-refractivity contribution in [2.45, 2.75) is 19.9 Å². The van der Waals surface area contributed by atoms with Gasteiger partial charge in [-0.15, -0.1) is 0 Å². The predicted molar refractivity (Wildman–Crippen MR) is 158 cm³/mol. The van der Waals surface area contributed by atoms with Gasteiger partial charge in [-0.05, 0) is 55.8 Å². The Morgan fingerprint density at radius 1 is 1.17 bits per heavy atom. The van der Waals surface area contributed by atoms with Crippen LogP contribution in [0.15, 0.2) is 63.5 Å². The molecule has 10 nitrogen and oxygen atoms in total. The first-order chi connectivity index (χ1) is 20.3. The molecule has 220 valence electrons. The highest BCUT2D eigenvalue weighted by Crippen LogP contribution is 2.37. The molecule has 0 saturated carbocycles. The number of hydrogen-bond acceptors (Lipinski definition) is 9. The number of morpholine rings is 1. The minimum absolute atomic E-state index is 0.0624. The van der Waals surface area contributed by atoms with Gasteiger partial charge in [0.15, 0.2) is 11.4 Å². The molecular weight excluding hydrogens is 582 g/mol. The van der Waals surface area contributed by atoms with Crippen molar-refractivity contribution in [1.29, 1.82) is 0 Å². The van der Waals surface area contributed by atoms with Crippen LogP contribution in [0.4, 0.5) is 0 Å². The van der Waals surface area contributed by atoms with E-state index >= 15 is 0 Å². The zero-order chi connectivity index (χ0) is 29.8. The summed E-state index contributed by atoms with van der Waals surface area (Å²) in [6, 6.07) is 11.3. The minimum atomic E-state index is -0.851. The van der Waals surface area contributed by atoms with Crippen molar-refractivity contribution in [2.75, 3.05) is 46.6 Å². The number of hydrogen-bond donors (Lipinski definition) is 0. The zero-order valence-corrected chi connectivity index (χ0v) is 25.0. The van der Waals surface area contributed by atoms with Gasteiger partial charge in [-0.25, -0.2) is 9.79 Å². The first-order valence-electron chi connectivity index (χ1n) is 13.4. The van der Waals surface area contributed by atoms with Crippen LogP contribution in [-0.4, -0.2) is 68.0 Å². The minimum Gasteiger partial charge on any atom is -0.496 e. The molecule has 5 rings (SSSR count). The second kappa shape index (κ2) is 12.9. The third-order valence-corrected chi connectivity index (χ3v) is 8.13. The lowest BCUT2D eigenvalue weighted by molar-refractivity contribution is -0.139. The summed E-state index contributed by atoms with van der Waals surface area (Å²) in [6.45, 7) is 5.72. The van der Waals surface area contributed by atoms with Crippen LogP contribution in [-0.2, 0) is 19.1 Å². The van der Waals surface area contributed by atoms with Gasteiger partial charge in [-0.3, -0.25) is 14.2 Å². The lowest BCUT2D eigenvalue weighted by Gasteiger charge is -2.26. The molecule has 2 aromatic carbocycles. The van der Waals surface area contributed by atoms with Crippen molar-refractivity contribution in [3.05, 3.63) is 89.6 Å². The number of rotatable bonds is 8. The highest BCUT2D eigenvalue weighted by atomic mass is 35.5. The number of carbonyl (C=O) groups is 2.